The third-order valence-corrected chi connectivity index (χ3v) is 3.00. The number of carbonyl (C=O) groups is 2. The summed E-state index contributed by atoms with van der Waals surface area (Å²) in [5.41, 5.74) is 0.428. The summed E-state index contributed by atoms with van der Waals surface area (Å²) < 4.78 is 18.5. The maximum absolute atomic E-state index is 13.7. The number of benzene rings is 1. The van der Waals surface area contributed by atoms with Crippen LogP contribution >= 0.6 is 0 Å². The standard InChI is InChI=1S/C14H19FN2O4/c1-10(11-5-3-4-6-12(11)15)17(2)14(20)16-7-8-21-9-13(18)19/h3-6,10H,7-9H2,1-2H3,(H,16,20)(H,18,19). The van der Waals surface area contributed by atoms with Gasteiger partial charge in [-0.25, -0.2) is 14.0 Å². The molecule has 1 aromatic rings. The van der Waals surface area contributed by atoms with Gasteiger partial charge in [0.05, 0.1) is 12.6 Å². The van der Waals surface area contributed by atoms with Gasteiger partial charge in [0.25, 0.3) is 0 Å². The van der Waals surface area contributed by atoms with Crippen LogP contribution in [-0.4, -0.2) is 48.8 Å². The highest BCUT2D eigenvalue weighted by atomic mass is 19.1. The van der Waals surface area contributed by atoms with E-state index in [-0.39, 0.29) is 25.0 Å². The van der Waals surface area contributed by atoms with Crippen LogP contribution in [0.5, 0.6) is 0 Å². The van der Waals surface area contributed by atoms with Gasteiger partial charge >= 0.3 is 12.0 Å². The molecule has 6 nitrogen and oxygen atoms in total. The summed E-state index contributed by atoms with van der Waals surface area (Å²) in [6.45, 7) is 1.59. The molecule has 0 radical (unpaired) electrons. The number of aliphatic carboxylic acids is 1. The Morgan fingerprint density at radius 1 is 1.43 bits per heavy atom. The van der Waals surface area contributed by atoms with Crippen LogP contribution in [0.3, 0.4) is 0 Å². The summed E-state index contributed by atoms with van der Waals surface area (Å²) in [4.78, 5) is 23.5. The molecule has 1 aromatic carbocycles. The van der Waals surface area contributed by atoms with E-state index in [9.17, 15) is 14.0 Å². The quantitative estimate of drug-likeness (QED) is 0.750. The van der Waals surface area contributed by atoms with Crippen molar-refractivity contribution in [3.05, 3.63) is 35.6 Å². The molecular weight excluding hydrogens is 279 g/mol. The monoisotopic (exact) mass is 298 g/mol. The number of carboxylic acids is 1. The lowest BCUT2D eigenvalue weighted by molar-refractivity contribution is -0.142. The zero-order chi connectivity index (χ0) is 15.8. The van der Waals surface area contributed by atoms with E-state index in [1.54, 1.807) is 32.2 Å². The SMILES string of the molecule is CC(c1ccccc1F)N(C)C(=O)NCCOCC(=O)O. The van der Waals surface area contributed by atoms with E-state index in [0.29, 0.717) is 5.56 Å². The lowest BCUT2D eigenvalue weighted by atomic mass is 10.1. The summed E-state index contributed by atoms with van der Waals surface area (Å²) in [5.74, 6) is -1.43. The summed E-state index contributed by atoms with van der Waals surface area (Å²) in [5, 5.41) is 11.0. The number of rotatable bonds is 7. The van der Waals surface area contributed by atoms with Crippen molar-refractivity contribution in [3.8, 4) is 0 Å². The lowest BCUT2D eigenvalue weighted by Gasteiger charge is -2.25. The first-order valence-electron chi connectivity index (χ1n) is 6.48. The largest absolute Gasteiger partial charge is 0.480 e. The first-order valence-corrected chi connectivity index (χ1v) is 6.48. The van der Waals surface area contributed by atoms with Crippen LogP contribution in [-0.2, 0) is 9.53 Å². The molecule has 0 saturated heterocycles. The van der Waals surface area contributed by atoms with E-state index in [4.69, 9.17) is 9.84 Å². The van der Waals surface area contributed by atoms with Gasteiger partial charge < -0.3 is 20.1 Å². The van der Waals surface area contributed by atoms with Crippen LogP contribution in [0.25, 0.3) is 0 Å². The fourth-order valence-corrected chi connectivity index (χ4v) is 1.71. The Morgan fingerprint density at radius 2 is 2.10 bits per heavy atom. The van der Waals surface area contributed by atoms with Gasteiger partial charge in [0.15, 0.2) is 0 Å². The van der Waals surface area contributed by atoms with Crippen LogP contribution in [0.15, 0.2) is 24.3 Å². The molecule has 116 valence electrons. The Labute approximate surface area is 122 Å². The zero-order valence-corrected chi connectivity index (χ0v) is 12.0. The normalized spacial score (nSPS) is 11.8. The minimum atomic E-state index is -1.06. The molecule has 0 aliphatic rings. The molecule has 0 bridgehead atoms. The number of halogens is 1. The second kappa shape index (κ2) is 8.21. The first-order chi connectivity index (χ1) is 9.93. The fraction of sp³-hybridized carbons (Fsp3) is 0.429. The lowest BCUT2D eigenvalue weighted by Crippen LogP contribution is -2.40. The first kappa shape index (κ1) is 16.9. The molecule has 0 aliphatic carbocycles. The molecule has 1 atom stereocenters. The third kappa shape index (κ3) is 5.39. The summed E-state index contributed by atoms with van der Waals surface area (Å²) in [6, 6.07) is 5.46. The molecule has 1 rings (SSSR count). The zero-order valence-electron chi connectivity index (χ0n) is 12.0. The molecule has 2 N–H and O–H groups in total. The van der Waals surface area contributed by atoms with Crippen molar-refractivity contribution in [2.75, 3.05) is 26.8 Å². The van der Waals surface area contributed by atoms with Crippen molar-refractivity contribution in [3.63, 3.8) is 0 Å². The third-order valence-electron chi connectivity index (χ3n) is 3.00. The molecule has 0 saturated carbocycles. The predicted molar refractivity (Wildman–Crippen MR) is 74.4 cm³/mol. The van der Waals surface area contributed by atoms with Gasteiger partial charge in [0, 0.05) is 19.2 Å². The number of nitrogens with one attached hydrogen (secondary N) is 1. The number of carbonyl (C=O) groups excluding carboxylic acids is 1. The maximum atomic E-state index is 13.7. The van der Waals surface area contributed by atoms with Gasteiger partial charge in [-0.3, -0.25) is 0 Å². The van der Waals surface area contributed by atoms with Crippen molar-refractivity contribution < 1.29 is 23.8 Å². The average molecular weight is 298 g/mol. The Balaban J connectivity index is 2.43. The molecule has 0 aliphatic heterocycles. The van der Waals surface area contributed by atoms with Gasteiger partial charge in [-0.15, -0.1) is 0 Å². The van der Waals surface area contributed by atoms with Crippen molar-refractivity contribution in [2.45, 2.75) is 13.0 Å². The van der Waals surface area contributed by atoms with Crippen LogP contribution in [0.1, 0.15) is 18.5 Å². The number of urea groups is 1. The molecule has 0 heterocycles. The van der Waals surface area contributed by atoms with Crippen molar-refractivity contribution in [2.24, 2.45) is 0 Å². The van der Waals surface area contributed by atoms with Gasteiger partial charge in [-0.2, -0.15) is 0 Å². The molecule has 0 fully saturated rings. The van der Waals surface area contributed by atoms with Crippen LogP contribution in [0.4, 0.5) is 9.18 Å². The molecule has 1 unspecified atom stereocenters. The molecular formula is C14H19FN2O4. The van der Waals surface area contributed by atoms with E-state index in [2.05, 4.69) is 5.32 Å². The van der Waals surface area contributed by atoms with E-state index in [1.165, 1.54) is 11.0 Å². The van der Waals surface area contributed by atoms with Crippen LogP contribution in [0, 0.1) is 5.82 Å². The van der Waals surface area contributed by atoms with Crippen LogP contribution < -0.4 is 5.32 Å². The molecule has 7 heteroatoms. The van der Waals surface area contributed by atoms with Crippen LogP contribution in [0.2, 0.25) is 0 Å². The van der Waals surface area contributed by atoms with Gasteiger partial charge in [-0.05, 0) is 13.0 Å². The van der Waals surface area contributed by atoms with Crippen molar-refractivity contribution in [1.82, 2.24) is 10.2 Å². The molecule has 0 aromatic heterocycles. The van der Waals surface area contributed by atoms with E-state index in [0.717, 1.165) is 0 Å². The summed E-state index contributed by atoms with van der Waals surface area (Å²) in [6.07, 6.45) is 0. The summed E-state index contributed by atoms with van der Waals surface area (Å²) >= 11 is 0. The fourth-order valence-electron chi connectivity index (χ4n) is 1.71. The van der Waals surface area contributed by atoms with Gasteiger partial charge in [0.1, 0.15) is 12.4 Å². The topological polar surface area (TPSA) is 78.9 Å². The van der Waals surface area contributed by atoms with Gasteiger partial charge in [0.2, 0.25) is 0 Å². The van der Waals surface area contributed by atoms with Crippen molar-refractivity contribution in [1.29, 1.82) is 0 Å². The Kier molecular flexibility index (Phi) is 6.61. The number of hydrogen-bond acceptors (Lipinski definition) is 3. The number of nitrogens with zero attached hydrogens (tertiary/aromatic N) is 1. The summed E-state index contributed by atoms with van der Waals surface area (Å²) in [7, 11) is 1.56. The van der Waals surface area contributed by atoms with E-state index in [1.807, 2.05) is 0 Å². The minimum Gasteiger partial charge on any atom is -0.480 e. The minimum absolute atomic E-state index is 0.0972. The smallest absolute Gasteiger partial charge is 0.329 e. The maximum Gasteiger partial charge on any atom is 0.329 e. The van der Waals surface area contributed by atoms with E-state index < -0.39 is 18.6 Å². The highest BCUT2D eigenvalue weighted by Gasteiger charge is 2.19. The number of ether oxygens (including phenoxy) is 1. The molecule has 2 amide bonds. The molecule has 21 heavy (non-hydrogen) atoms. The number of amides is 2. The second-order valence-electron chi connectivity index (χ2n) is 4.49. The average Bonchev–Trinajstić information content (AvgIpc) is 2.45. The second-order valence-corrected chi connectivity index (χ2v) is 4.49. The highest BCUT2D eigenvalue weighted by molar-refractivity contribution is 5.74. The highest BCUT2D eigenvalue weighted by Crippen LogP contribution is 2.21. The van der Waals surface area contributed by atoms with Crippen molar-refractivity contribution >= 4 is 12.0 Å². The predicted octanol–water partition coefficient (Wildman–Crippen LogP) is 1.63. The Hall–Kier alpha value is -2.15. The Morgan fingerprint density at radius 3 is 2.71 bits per heavy atom. The van der Waals surface area contributed by atoms with Gasteiger partial charge in [-0.1, -0.05) is 18.2 Å². The Bertz CT molecular complexity index is 496. The number of hydrogen-bond donors (Lipinski definition) is 2. The molecule has 0 spiro atoms. The van der Waals surface area contributed by atoms with E-state index >= 15 is 0 Å². The number of carboxylic acid groups (broad SMARTS) is 1.